The zero-order valence-electron chi connectivity index (χ0n) is 35.7. The Hall–Kier alpha value is -1.63. The molecule has 1 rings (SSSR count). The first kappa shape index (κ1) is 53.4. The highest BCUT2D eigenvalue weighted by atomic mass is 31.2. The maximum absolute atomic E-state index is 12.5. The third-order valence-corrected chi connectivity index (χ3v) is 11.3. The summed E-state index contributed by atoms with van der Waals surface area (Å²) in [5.74, 6) is -0.516. The molecule has 1 aliphatic heterocycles. The summed E-state index contributed by atoms with van der Waals surface area (Å²) in [5.41, 5.74) is 0. The number of esters is 2. The number of carbonyl (C=O) groups excluding carboxylic acids is 2. The van der Waals surface area contributed by atoms with Crippen LogP contribution < -0.4 is 0 Å². The van der Waals surface area contributed by atoms with Crippen molar-refractivity contribution >= 4 is 19.8 Å². The maximum atomic E-state index is 12.5. The molecule has 0 bridgehead atoms. The van der Waals surface area contributed by atoms with Crippen LogP contribution in [0, 0.1) is 11.8 Å². The van der Waals surface area contributed by atoms with Gasteiger partial charge >= 0.3 is 19.8 Å². The number of unbranched alkanes of at least 4 members (excludes halogenated alkanes) is 16. The van der Waals surface area contributed by atoms with Crippen molar-refractivity contribution in [3.63, 3.8) is 0 Å². The lowest BCUT2D eigenvalue weighted by atomic mass is 9.87. The average molecular weight is 833 g/mol. The summed E-state index contributed by atoms with van der Waals surface area (Å²) < 4.78 is 32.1. The first-order chi connectivity index (χ1) is 27.3. The van der Waals surface area contributed by atoms with Crippen LogP contribution in [0.3, 0.4) is 0 Å². The van der Waals surface area contributed by atoms with Gasteiger partial charge in [-0.15, -0.1) is 0 Å². The number of hydrogen-bond acceptors (Lipinski definition) is 10. The summed E-state index contributed by atoms with van der Waals surface area (Å²) in [6.45, 7) is 5.73. The molecule has 1 saturated heterocycles. The minimum Gasteiger partial charge on any atom is -0.462 e. The summed E-state index contributed by atoms with van der Waals surface area (Å²) in [4.78, 5) is 43.2. The van der Waals surface area contributed by atoms with E-state index in [4.69, 9.17) is 24.0 Å². The van der Waals surface area contributed by atoms with E-state index in [0.29, 0.717) is 32.1 Å². The maximum Gasteiger partial charge on any atom is 0.469 e. The molecule has 1 heterocycles. The van der Waals surface area contributed by atoms with Crippen LogP contribution in [0.4, 0.5) is 0 Å². The highest BCUT2D eigenvalue weighted by Crippen LogP contribution is 2.36. The molecular weight excluding hydrogens is 751 g/mol. The van der Waals surface area contributed by atoms with Gasteiger partial charge in [-0.25, -0.2) is 4.57 Å². The van der Waals surface area contributed by atoms with Crippen molar-refractivity contribution in [2.75, 3.05) is 13.2 Å². The molecular formula is C44H81O12P. The van der Waals surface area contributed by atoms with Crippen molar-refractivity contribution < 1.29 is 58.0 Å². The second-order valence-corrected chi connectivity index (χ2v) is 17.4. The molecule has 0 aromatic carbocycles. The molecule has 0 aromatic heterocycles. The Labute approximate surface area is 344 Å². The van der Waals surface area contributed by atoms with E-state index in [-0.39, 0.29) is 31.8 Å². The third kappa shape index (κ3) is 31.0. The Kier molecular flexibility index (Phi) is 32.0. The minimum atomic E-state index is -4.82. The summed E-state index contributed by atoms with van der Waals surface area (Å²) >= 11 is 0. The molecule has 334 valence electrons. The lowest BCUT2D eigenvalue weighted by Crippen LogP contribution is -2.43. The summed E-state index contributed by atoms with van der Waals surface area (Å²) in [5, 5.41) is 30.8. The molecule has 12 nitrogen and oxygen atoms in total. The van der Waals surface area contributed by atoms with Crippen molar-refractivity contribution in [2.24, 2.45) is 11.8 Å². The zero-order valence-corrected chi connectivity index (χ0v) is 36.6. The minimum absolute atomic E-state index is 0.0751. The number of aliphatic hydroxyl groups is 3. The van der Waals surface area contributed by atoms with E-state index in [1.165, 1.54) is 77.0 Å². The van der Waals surface area contributed by atoms with E-state index >= 15 is 0 Å². The molecule has 0 spiro atoms. The van der Waals surface area contributed by atoms with Gasteiger partial charge in [-0.05, 0) is 38.0 Å². The van der Waals surface area contributed by atoms with Crippen LogP contribution in [0.25, 0.3) is 0 Å². The fourth-order valence-corrected chi connectivity index (χ4v) is 7.34. The molecule has 7 atom stereocenters. The third-order valence-electron chi connectivity index (χ3n) is 10.8. The Balaban J connectivity index is 2.27. The van der Waals surface area contributed by atoms with Crippen LogP contribution in [0.2, 0.25) is 0 Å². The van der Waals surface area contributed by atoms with Gasteiger partial charge in [0, 0.05) is 25.2 Å². The first-order valence-electron chi connectivity index (χ1n) is 22.4. The van der Waals surface area contributed by atoms with Crippen molar-refractivity contribution in [2.45, 2.75) is 218 Å². The molecule has 0 aliphatic carbocycles. The normalized spacial score (nSPS) is 20.6. The van der Waals surface area contributed by atoms with E-state index in [2.05, 4.69) is 25.3 Å². The molecule has 57 heavy (non-hydrogen) atoms. The predicted octanol–water partition coefficient (Wildman–Crippen LogP) is 9.54. The smallest absolute Gasteiger partial charge is 0.462 e. The van der Waals surface area contributed by atoms with Gasteiger partial charge < -0.3 is 39.3 Å². The number of phosphoric ester groups is 1. The number of hydrogen-bond donors (Lipinski definition) is 5. The van der Waals surface area contributed by atoms with Crippen LogP contribution in [-0.4, -0.2) is 81.0 Å². The lowest BCUT2D eigenvalue weighted by Gasteiger charge is -2.36. The predicted molar refractivity (Wildman–Crippen MR) is 224 cm³/mol. The van der Waals surface area contributed by atoms with Crippen LogP contribution in [0.5, 0.6) is 0 Å². The molecule has 0 aromatic rings. The highest BCUT2D eigenvalue weighted by Gasteiger charge is 2.35. The lowest BCUT2D eigenvalue weighted by molar-refractivity contribution is -0.199. The molecule has 0 amide bonds. The quantitative estimate of drug-likeness (QED) is 0.0174. The SMILES string of the molecule is CCCCC[C@H](O)/C=C/[C@H]1OC(O)C[C@H](O)[C@@H]1C/C=C\CCCC(=O)OC[C@H](COP(=O)(O)O)OC(=O)CCCCCCCCCCCCCCCCC(C)CC. The monoisotopic (exact) mass is 833 g/mol. The molecule has 1 aliphatic rings. The summed E-state index contributed by atoms with van der Waals surface area (Å²) in [7, 11) is -4.82. The molecule has 13 heteroatoms. The van der Waals surface area contributed by atoms with E-state index < -0.39 is 57.1 Å². The van der Waals surface area contributed by atoms with Crippen LogP contribution in [0.15, 0.2) is 24.3 Å². The van der Waals surface area contributed by atoms with Crippen molar-refractivity contribution in [3.05, 3.63) is 24.3 Å². The molecule has 0 saturated carbocycles. The number of phosphoric acid groups is 1. The first-order valence-corrected chi connectivity index (χ1v) is 24.0. The molecule has 1 fully saturated rings. The molecule has 2 unspecified atom stereocenters. The van der Waals surface area contributed by atoms with Crippen molar-refractivity contribution in [1.29, 1.82) is 0 Å². The van der Waals surface area contributed by atoms with Crippen molar-refractivity contribution in [3.8, 4) is 0 Å². The van der Waals surface area contributed by atoms with Crippen LogP contribution in [-0.2, 0) is 32.9 Å². The van der Waals surface area contributed by atoms with Gasteiger partial charge in [0.1, 0.15) is 6.61 Å². The highest BCUT2D eigenvalue weighted by molar-refractivity contribution is 7.46. The fraction of sp³-hybridized carbons (Fsp3) is 0.864. The summed E-state index contributed by atoms with van der Waals surface area (Å²) in [6.07, 6.45) is 28.0. The van der Waals surface area contributed by atoms with Crippen LogP contribution >= 0.6 is 7.82 Å². The molecule has 0 radical (unpaired) electrons. The van der Waals surface area contributed by atoms with Gasteiger partial charge in [-0.3, -0.25) is 14.1 Å². The van der Waals surface area contributed by atoms with E-state index in [9.17, 15) is 29.5 Å². The van der Waals surface area contributed by atoms with Gasteiger partial charge in [-0.2, -0.15) is 0 Å². The number of rotatable bonds is 36. The largest absolute Gasteiger partial charge is 0.469 e. The van der Waals surface area contributed by atoms with Gasteiger partial charge in [0.25, 0.3) is 0 Å². The topological polar surface area (TPSA) is 189 Å². The van der Waals surface area contributed by atoms with E-state index in [1.807, 2.05) is 12.2 Å². The molecule has 5 N–H and O–H groups in total. The second-order valence-electron chi connectivity index (χ2n) is 16.2. The Morgan fingerprint density at radius 3 is 1.95 bits per heavy atom. The Morgan fingerprint density at radius 1 is 0.772 bits per heavy atom. The average Bonchev–Trinajstić information content (AvgIpc) is 3.16. The summed E-state index contributed by atoms with van der Waals surface area (Å²) in [6, 6.07) is 0. The van der Waals surface area contributed by atoms with Gasteiger partial charge in [0.05, 0.1) is 24.9 Å². The Morgan fingerprint density at radius 2 is 1.35 bits per heavy atom. The second kappa shape index (κ2) is 34.1. The number of aliphatic hydroxyl groups excluding tert-OH is 3. The zero-order chi connectivity index (χ0) is 42.2. The Bertz CT molecular complexity index is 1110. The number of carbonyl (C=O) groups is 2. The van der Waals surface area contributed by atoms with Gasteiger partial charge in [0.2, 0.25) is 0 Å². The fourth-order valence-electron chi connectivity index (χ4n) is 6.98. The van der Waals surface area contributed by atoms with E-state index in [0.717, 1.165) is 44.4 Å². The number of allylic oxidation sites excluding steroid dienone is 2. The van der Waals surface area contributed by atoms with Crippen molar-refractivity contribution in [1.82, 2.24) is 0 Å². The standard InChI is InChI=1S/C44H81O12P/c1-4-6-21-27-37(45)31-32-41-39(40(46)33-44(49)56-41)28-23-19-20-24-29-42(47)53-34-38(35-54-57(50,51)52)55-43(48)30-25-18-16-14-12-10-8-7-9-11-13-15-17-22-26-36(3)5-2/h19,23,31-32,36-41,44-46,49H,4-18,20-22,24-30,33-35H2,1-3H3,(H2,50,51,52)/b23-19-,32-31+/t36?,37-,38+,39-,40-,41+,44?/m0/s1. The van der Waals surface area contributed by atoms with Gasteiger partial charge in [0.15, 0.2) is 12.4 Å². The van der Waals surface area contributed by atoms with Gasteiger partial charge in [-0.1, -0.05) is 161 Å². The van der Waals surface area contributed by atoms with Crippen LogP contribution in [0.1, 0.15) is 188 Å². The van der Waals surface area contributed by atoms with E-state index in [1.54, 1.807) is 12.2 Å². The number of ether oxygens (including phenoxy) is 3.